The Kier molecular flexibility index (Phi) is 5.26. The highest BCUT2D eigenvalue weighted by Crippen LogP contribution is 2.24. The zero-order valence-corrected chi connectivity index (χ0v) is 13.2. The van der Waals surface area contributed by atoms with Crippen LogP contribution >= 0.6 is 11.8 Å². The average Bonchev–Trinajstić information content (AvgIpc) is 2.50. The molecule has 0 bridgehead atoms. The van der Waals surface area contributed by atoms with E-state index in [9.17, 15) is 5.11 Å². The van der Waals surface area contributed by atoms with Crippen molar-refractivity contribution < 1.29 is 5.11 Å². The van der Waals surface area contributed by atoms with Gasteiger partial charge < -0.3 is 10.0 Å². The van der Waals surface area contributed by atoms with E-state index in [1.165, 1.54) is 0 Å². The van der Waals surface area contributed by atoms with E-state index in [0.29, 0.717) is 6.04 Å². The molecule has 0 fully saturated rings. The van der Waals surface area contributed by atoms with E-state index in [-0.39, 0.29) is 6.61 Å². The van der Waals surface area contributed by atoms with E-state index in [4.69, 9.17) is 4.98 Å². The third-order valence-electron chi connectivity index (χ3n) is 3.70. The minimum atomic E-state index is 0.0448. The molecule has 0 aliphatic heterocycles. The summed E-state index contributed by atoms with van der Waals surface area (Å²) in [4.78, 5) is 6.96. The van der Waals surface area contributed by atoms with Crippen molar-refractivity contribution in [2.75, 3.05) is 24.0 Å². The van der Waals surface area contributed by atoms with Gasteiger partial charge in [0.25, 0.3) is 0 Å². The lowest BCUT2D eigenvalue weighted by molar-refractivity contribution is 0.283. The number of para-hydroxylation sites is 1. The second kappa shape index (κ2) is 6.95. The third kappa shape index (κ3) is 3.07. The Morgan fingerprint density at radius 2 is 2.10 bits per heavy atom. The number of pyridine rings is 1. The normalized spacial score (nSPS) is 12.6. The maximum atomic E-state index is 9.59. The van der Waals surface area contributed by atoms with Crippen LogP contribution in [0.1, 0.15) is 18.9 Å². The molecule has 20 heavy (non-hydrogen) atoms. The highest BCUT2D eigenvalue weighted by molar-refractivity contribution is 7.98. The first-order chi connectivity index (χ1) is 9.71. The third-order valence-corrected chi connectivity index (χ3v) is 4.42. The van der Waals surface area contributed by atoms with Crippen LogP contribution in [-0.4, -0.2) is 35.2 Å². The molecule has 1 aromatic carbocycles. The Balaban J connectivity index is 2.43. The molecule has 4 heteroatoms. The first kappa shape index (κ1) is 15.1. The second-order valence-corrected chi connectivity index (χ2v) is 5.85. The average molecular weight is 290 g/mol. The predicted molar refractivity (Wildman–Crippen MR) is 88.5 cm³/mol. The monoisotopic (exact) mass is 290 g/mol. The van der Waals surface area contributed by atoms with Crippen molar-refractivity contribution in [2.24, 2.45) is 0 Å². The van der Waals surface area contributed by atoms with Crippen LogP contribution in [0.5, 0.6) is 0 Å². The highest BCUT2D eigenvalue weighted by Gasteiger charge is 2.15. The molecule has 0 saturated heterocycles. The van der Waals surface area contributed by atoms with Gasteiger partial charge in [-0.2, -0.15) is 11.8 Å². The maximum Gasteiger partial charge on any atom is 0.129 e. The Bertz CT molecular complexity index is 573. The van der Waals surface area contributed by atoms with E-state index in [0.717, 1.165) is 34.5 Å². The van der Waals surface area contributed by atoms with Crippen molar-refractivity contribution in [1.82, 2.24) is 4.98 Å². The summed E-state index contributed by atoms with van der Waals surface area (Å²) in [5.41, 5.74) is 1.89. The molecule has 2 aromatic rings. The first-order valence-corrected chi connectivity index (χ1v) is 8.32. The molecule has 0 spiro atoms. The number of rotatable bonds is 6. The van der Waals surface area contributed by atoms with Gasteiger partial charge in [0.1, 0.15) is 5.82 Å². The summed E-state index contributed by atoms with van der Waals surface area (Å²) in [5.74, 6) is 2.02. The van der Waals surface area contributed by atoms with Crippen LogP contribution in [0.2, 0.25) is 0 Å². The molecule has 0 radical (unpaired) electrons. The van der Waals surface area contributed by atoms with Gasteiger partial charge in [0.15, 0.2) is 0 Å². The van der Waals surface area contributed by atoms with Crippen LogP contribution in [0.25, 0.3) is 10.9 Å². The smallest absolute Gasteiger partial charge is 0.129 e. The lowest BCUT2D eigenvalue weighted by Gasteiger charge is -2.28. The van der Waals surface area contributed by atoms with Gasteiger partial charge in [0, 0.05) is 24.2 Å². The molecule has 2 rings (SSSR count). The Hall–Kier alpha value is -1.26. The van der Waals surface area contributed by atoms with E-state index in [1.807, 2.05) is 42.1 Å². The van der Waals surface area contributed by atoms with Crippen LogP contribution in [0.4, 0.5) is 5.82 Å². The fraction of sp³-hybridized carbons (Fsp3) is 0.438. The molecule has 1 atom stereocenters. The summed E-state index contributed by atoms with van der Waals surface area (Å²) >= 11 is 1.85. The Labute approximate surface area is 125 Å². The molecule has 3 nitrogen and oxygen atoms in total. The quantitative estimate of drug-likeness (QED) is 0.885. The maximum absolute atomic E-state index is 9.59. The zero-order valence-electron chi connectivity index (χ0n) is 12.3. The predicted octanol–water partition coefficient (Wildman–Crippen LogP) is 3.30. The van der Waals surface area contributed by atoms with Gasteiger partial charge in [-0.3, -0.25) is 0 Å². The number of aliphatic hydroxyl groups excluding tert-OH is 1. The summed E-state index contributed by atoms with van der Waals surface area (Å²) in [5, 5.41) is 10.6. The molecule has 1 unspecified atom stereocenters. The molecule has 108 valence electrons. The standard InChI is InChI=1S/C16H22N2OS/c1-4-13(11-20-3)18(2)16-9-12(10-19)14-7-5-6-8-15(14)17-16/h5-9,13,19H,4,10-11H2,1-3H3. The summed E-state index contributed by atoms with van der Waals surface area (Å²) in [6, 6.07) is 10.4. The first-order valence-electron chi connectivity index (χ1n) is 6.92. The summed E-state index contributed by atoms with van der Waals surface area (Å²) in [7, 11) is 2.09. The lowest BCUT2D eigenvalue weighted by Crippen LogP contribution is -2.33. The number of benzene rings is 1. The number of anilines is 1. The molecule has 0 amide bonds. The molecular weight excluding hydrogens is 268 g/mol. The summed E-state index contributed by atoms with van der Waals surface area (Å²) in [6.07, 6.45) is 3.21. The van der Waals surface area contributed by atoms with Crippen molar-refractivity contribution in [2.45, 2.75) is 26.0 Å². The van der Waals surface area contributed by atoms with E-state index >= 15 is 0 Å². The van der Waals surface area contributed by atoms with Crippen LogP contribution in [0.15, 0.2) is 30.3 Å². The fourth-order valence-electron chi connectivity index (χ4n) is 2.43. The van der Waals surface area contributed by atoms with Gasteiger partial charge in [-0.25, -0.2) is 4.98 Å². The number of fused-ring (bicyclic) bond motifs is 1. The SMILES string of the molecule is CCC(CSC)N(C)c1cc(CO)c2ccccc2n1. The molecule has 1 heterocycles. The largest absolute Gasteiger partial charge is 0.392 e. The van der Waals surface area contributed by atoms with Gasteiger partial charge in [0.2, 0.25) is 0 Å². The minimum absolute atomic E-state index is 0.0448. The Morgan fingerprint density at radius 3 is 2.75 bits per heavy atom. The fourth-order valence-corrected chi connectivity index (χ4v) is 3.27. The van der Waals surface area contributed by atoms with Crippen LogP contribution < -0.4 is 4.90 Å². The van der Waals surface area contributed by atoms with Gasteiger partial charge in [0.05, 0.1) is 12.1 Å². The molecule has 0 saturated carbocycles. The second-order valence-electron chi connectivity index (χ2n) is 4.94. The van der Waals surface area contributed by atoms with Gasteiger partial charge in [-0.15, -0.1) is 0 Å². The Morgan fingerprint density at radius 1 is 1.35 bits per heavy atom. The van der Waals surface area contributed by atoms with Crippen molar-refractivity contribution in [1.29, 1.82) is 0 Å². The van der Waals surface area contributed by atoms with Gasteiger partial charge in [-0.05, 0) is 30.4 Å². The van der Waals surface area contributed by atoms with Gasteiger partial charge >= 0.3 is 0 Å². The van der Waals surface area contributed by atoms with Crippen molar-refractivity contribution in [3.63, 3.8) is 0 Å². The number of hydrogen-bond acceptors (Lipinski definition) is 4. The van der Waals surface area contributed by atoms with Crippen molar-refractivity contribution in [3.8, 4) is 0 Å². The van der Waals surface area contributed by atoms with E-state index < -0.39 is 0 Å². The number of aliphatic hydroxyl groups is 1. The summed E-state index contributed by atoms with van der Waals surface area (Å²) < 4.78 is 0. The van der Waals surface area contributed by atoms with Crippen LogP contribution in [0.3, 0.4) is 0 Å². The highest BCUT2D eigenvalue weighted by atomic mass is 32.2. The number of hydrogen-bond donors (Lipinski definition) is 1. The molecule has 1 N–H and O–H groups in total. The number of thioether (sulfide) groups is 1. The number of nitrogens with zero attached hydrogens (tertiary/aromatic N) is 2. The molecule has 0 aliphatic carbocycles. The summed E-state index contributed by atoms with van der Waals surface area (Å²) in [6.45, 7) is 2.24. The molecule has 0 aliphatic rings. The molecular formula is C16H22N2OS. The van der Waals surface area contributed by atoms with Crippen LogP contribution in [0, 0.1) is 0 Å². The van der Waals surface area contributed by atoms with Crippen molar-refractivity contribution in [3.05, 3.63) is 35.9 Å². The minimum Gasteiger partial charge on any atom is -0.392 e. The van der Waals surface area contributed by atoms with Gasteiger partial charge in [-0.1, -0.05) is 25.1 Å². The molecule has 1 aromatic heterocycles. The zero-order chi connectivity index (χ0) is 14.5. The van der Waals surface area contributed by atoms with Crippen LogP contribution in [-0.2, 0) is 6.61 Å². The topological polar surface area (TPSA) is 36.4 Å². The van der Waals surface area contributed by atoms with E-state index in [2.05, 4.69) is 25.1 Å². The lowest BCUT2D eigenvalue weighted by atomic mass is 10.1. The van der Waals surface area contributed by atoms with Crippen molar-refractivity contribution >= 4 is 28.5 Å². The number of aromatic nitrogens is 1. The van der Waals surface area contributed by atoms with E-state index in [1.54, 1.807) is 0 Å².